The van der Waals surface area contributed by atoms with Crippen LogP contribution in [0.15, 0.2) is 54.6 Å². The van der Waals surface area contributed by atoms with Crippen molar-refractivity contribution < 1.29 is 47.3 Å². The predicted octanol–water partition coefficient (Wildman–Crippen LogP) is 4.61. The molecule has 0 saturated heterocycles. The Bertz CT molecular complexity index is 821. The summed E-state index contributed by atoms with van der Waals surface area (Å²) < 4.78 is 4.71. The zero-order valence-electron chi connectivity index (χ0n) is 16.7. The van der Waals surface area contributed by atoms with Gasteiger partial charge in [-0.25, -0.2) is 7.11 Å². The van der Waals surface area contributed by atoms with Gasteiger partial charge in [0.1, 0.15) is 5.78 Å². The molecule has 149 valence electrons. The van der Waals surface area contributed by atoms with Crippen molar-refractivity contribution in [2.24, 2.45) is 5.92 Å². The maximum Gasteiger partial charge on any atom is 0.140 e. The zero-order chi connectivity index (χ0) is 19.8. The normalized spacial score (nSPS) is 19.2. The first-order valence-corrected chi connectivity index (χ1v) is 9.86. The number of Topliss-reactive ketones (excluding diaryl/α,β-unsaturated/α-hetero) is 1. The van der Waals surface area contributed by atoms with Crippen LogP contribution in [-0.4, -0.2) is 17.5 Å². The van der Waals surface area contributed by atoms with Gasteiger partial charge in [0.05, 0.1) is 12.7 Å². The molecular formula is C25H27O3Y-. The molecule has 0 spiro atoms. The monoisotopic (exact) mass is 464 g/mol. The molecule has 4 heteroatoms. The Labute approximate surface area is 199 Å². The first-order chi connectivity index (χ1) is 13.7. The van der Waals surface area contributed by atoms with Crippen molar-refractivity contribution in [3.63, 3.8) is 0 Å². The second-order valence-electron chi connectivity index (χ2n) is 7.36. The fraction of sp³-hybridized carbons (Fsp3) is 0.360. The summed E-state index contributed by atoms with van der Waals surface area (Å²) in [4.78, 5) is 12.4. The van der Waals surface area contributed by atoms with Crippen LogP contribution < -0.4 is 0 Å². The molecule has 3 nitrogen and oxygen atoms in total. The van der Waals surface area contributed by atoms with Crippen molar-refractivity contribution in [2.45, 2.75) is 44.1 Å². The summed E-state index contributed by atoms with van der Waals surface area (Å²) in [6.07, 6.45) is 3.20. The largest absolute Gasteiger partial charge is 0.546 e. The smallest absolute Gasteiger partial charge is 0.140 e. The Kier molecular flexibility index (Phi) is 10.3. The molecule has 1 aliphatic rings. The van der Waals surface area contributed by atoms with Gasteiger partial charge in [-0.1, -0.05) is 60.5 Å². The van der Waals surface area contributed by atoms with Gasteiger partial charge >= 0.3 is 0 Å². The van der Waals surface area contributed by atoms with Crippen LogP contribution in [0, 0.1) is 24.9 Å². The van der Waals surface area contributed by atoms with E-state index >= 15 is 0 Å². The summed E-state index contributed by atoms with van der Waals surface area (Å²) in [6, 6.07) is 18.1. The number of hydrogen-bond acceptors (Lipinski definition) is 3. The van der Waals surface area contributed by atoms with Crippen molar-refractivity contribution in [1.82, 2.24) is 0 Å². The molecule has 3 rings (SSSR count). The molecule has 0 bridgehead atoms. The van der Waals surface area contributed by atoms with Crippen LogP contribution >= 0.6 is 0 Å². The molecule has 1 fully saturated rings. The maximum atomic E-state index is 12.4. The van der Waals surface area contributed by atoms with Gasteiger partial charge in [0.2, 0.25) is 0 Å². The predicted molar refractivity (Wildman–Crippen MR) is 110 cm³/mol. The Balaban J connectivity index is 0.00000300. The summed E-state index contributed by atoms with van der Waals surface area (Å²) in [5.74, 6) is 6.47. The molecule has 1 radical (unpaired) electrons. The van der Waals surface area contributed by atoms with E-state index in [2.05, 4.69) is 31.1 Å². The van der Waals surface area contributed by atoms with Crippen molar-refractivity contribution in [3.8, 4) is 11.8 Å². The molecule has 0 aliphatic heterocycles. The molecule has 0 heterocycles. The van der Waals surface area contributed by atoms with Gasteiger partial charge in [-0.05, 0) is 41.9 Å². The number of aliphatic hydroxyl groups excluding tert-OH is 1. The third-order valence-corrected chi connectivity index (χ3v) is 5.47. The van der Waals surface area contributed by atoms with Gasteiger partial charge in [0.15, 0.2) is 0 Å². The quantitative estimate of drug-likeness (QED) is 0.481. The first-order valence-electron chi connectivity index (χ1n) is 9.86. The minimum atomic E-state index is -0.502. The number of aliphatic hydroxyl groups is 1. The van der Waals surface area contributed by atoms with Gasteiger partial charge < -0.3 is 9.84 Å². The molecule has 0 aromatic heterocycles. The molecule has 2 aromatic rings. The molecule has 3 unspecified atom stereocenters. The van der Waals surface area contributed by atoms with Crippen LogP contribution in [0.3, 0.4) is 0 Å². The van der Waals surface area contributed by atoms with E-state index in [1.54, 1.807) is 0 Å². The second-order valence-corrected chi connectivity index (χ2v) is 7.36. The van der Waals surface area contributed by atoms with Gasteiger partial charge in [0, 0.05) is 51.5 Å². The number of carbonyl (C=O) groups is 1. The summed E-state index contributed by atoms with van der Waals surface area (Å²) >= 11 is 0. The number of hydrogen-bond donors (Lipinski definition) is 1. The molecule has 1 aliphatic carbocycles. The zero-order valence-corrected chi connectivity index (χ0v) is 19.6. The van der Waals surface area contributed by atoms with Crippen LogP contribution in [-0.2, 0) is 48.7 Å². The van der Waals surface area contributed by atoms with E-state index in [1.165, 1.54) is 5.56 Å². The molecular weight excluding hydrogens is 437 g/mol. The summed E-state index contributed by atoms with van der Waals surface area (Å²) in [7, 11) is 3.31. The van der Waals surface area contributed by atoms with Gasteiger partial charge in [-0.2, -0.15) is 0 Å². The number of aryl methyl sites for hydroxylation is 1. The molecule has 3 atom stereocenters. The van der Waals surface area contributed by atoms with E-state index in [0.29, 0.717) is 25.9 Å². The van der Waals surface area contributed by atoms with Gasteiger partial charge in [0.25, 0.3) is 0 Å². The van der Waals surface area contributed by atoms with E-state index in [9.17, 15) is 9.90 Å². The minimum absolute atomic E-state index is 0. The topological polar surface area (TPSA) is 46.5 Å². The fourth-order valence-electron chi connectivity index (χ4n) is 3.94. The summed E-state index contributed by atoms with van der Waals surface area (Å²) in [5, 5.41) is 10.5. The average Bonchev–Trinajstić information content (AvgIpc) is 3.10. The van der Waals surface area contributed by atoms with E-state index < -0.39 is 6.10 Å². The summed E-state index contributed by atoms with van der Waals surface area (Å²) in [5.41, 5.74) is 3.15. The maximum absolute atomic E-state index is 12.4. The van der Waals surface area contributed by atoms with Crippen molar-refractivity contribution in [1.29, 1.82) is 0 Å². The number of rotatable bonds is 7. The van der Waals surface area contributed by atoms with E-state index in [1.807, 2.05) is 42.5 Å². The van der Waals surface area contributed by atoms with Crippen molar-refractivity contribution in [3.05, 3.63) is 78.4 Å². The van der Waals surface area contributed by atoms with Crippen LogP contribution in [0.5, 0.6) is 0 Å². The van der Waals surface area contributed by atoms with Crippen LogP contribution in [0.4, 0.5) is 0 Å². The van der Waals surface area contributed by atoms with Crippen LogP contribution in [0.2, 0.25) is 0 Å². The van der Waals surface area contributed by atoms with Gasteiger partial charge in [-0.3, -0.25) is 4.79 Å². The van der Waals surface area contributed by atoms with Crippen LogP contribution in [0.1, 0.15) is 54.4 Å². The SMILES string of the molecule is [CH2-]OCC#CCC1CCC(=O)C1c1ccc(C(O)CCc2ccccc2)cc1.[Y]. The Morgan fingerprint density at radius 2 is 1.83 bits per heavy atom. The minimum Gasteiger partial charge on any atom is -0.546 e. The number of benzene rings is 2. The molecule has 29 heavy (non-hydrogen) atoms. The molecule has 1 N–H and O–H groups in total. The van der Waals surface area contributed by atoms with Crippen LogP contribution in [0.25, 0.3) is 0 Å². The second kappa shape index (κ2) is 12.4. The van der Waals surface area contributed by atoms with Crippen molar-refractivity contribution >= 4 is 5.78 Å². The third-order valence-electron chi connectivity index (χ3n) is 5.47. The molecule has 1 saturated carbocycles. The van der Waals surface area contributed by atoms with Gasteiger partial charge in [-0.15, -0.1) is 5.92 Å². The number of ketones is 1. The first kappa shape index (κ1) is 24.0. The van der Waals surface area contributed by atoms with E-state index in [0.717, 1.165) is 24.0 Å². The fourth-order valence-corrected chi connectivity index (χ4v) is 3.94. The summed E-state index contributed by atoms with van der Waals surface area (Å²) in [6.45, 7) is 0.320. The number of carbonyl (C=O) groups excluding carboxylic acids is 1. The standard InChI is InChI=1S/C25H27O3.Y/c1-28-18-6-5-9-21-15-17-24(27)25(21)22-13-11-20(12-14-22)23(26)16-10-19-7-3-2-4-8-19;/h2-4,7-8,11-14,21,23,25-26H,1,9-10,15-18H2;/q-1;. The molecule has 2 aromatic carbocycles. The Morgan fingerprint density at radius 3 is 2.52 bits per heavy atom. The Morgan fingerprint density at radius 1 is 1.10 bits per heavy atom. The Hall–Kier alpha value is -1.31. The van der Waals surface area contributed by atoms with E-state index in [4.69, 9.17) is 4.74 Å². The number of ether oxygens (including phenoxy) is 1. The van der Waals surface area contributed by atoms with E-state index in [-0.39, 0.29) is 50.3 Å². The average molecular weight is 464 g/mol. The van der Waals surface area contributed by atoms with Crippen molar-refractivity contribution in [2.75, 3.05) is 6.61 Å². The molecule has 0 amide bonds. The third kappa shape index (κ3) is 6.87.